The summed E-state index contributed by atoms with van der Waals surface area (Å²) in [6.07, 6.45) is 2.47. The second kappa shape index (κ2) is 5.97. The fourth-order valence-corrected chi connectivity index (χ4v) is 2.30. The van der Waals surface area contributed by atoms with Crippen molar-refractivity contribution in [1.82, 2.24) is 14.9 Å². The molecule has 0 bridgehead atoms. The predicted molar refractivity (Wildman–Crippen MR) is 66.4 cm³/mol. The van der Waals surface area contributed by atoms with Crippen LogP contribution in [0.3, 0.4) is 0 Å². The molecule has 0 radical (unpaired) electrons. The molecule has 1 N–H and O–H groups in total. The molecular weight excluding hydrogens is 256 g/mol. The molecule has 0 saturated carbocycles. The lowest BCUT2D eigenvalue weighted by Crippen LogP contribution is -2.23. The molecule has 0 aliphatic carbocycles. The van der Waals surface area contributed by atoms with Gasteiger partial charge in [0.05, 0.1) is 17.1 Å². The zero-order chi connectivity index (χ0) is 13.0. The normalized spacial score (nSPS) is 12.6. The first-order chi connectivity index (χ1) is 8.74. The van der Waals surface area contributed by atoms with Gasteiger partial charge in [0, 0.05) is 5.56 Å². The molecule has 96 valence electrons. The van der Waals surface area contributed by atoms with E-state index in [0.29, 0.717) is 6.54 Å². The van der Waals surface area contributed by atoms with Crippen LogP contribution in [0, 0.1) is 11.6 Å². The van der Waals surface area contributed by atoms with Crippen molar-refractivity contribution in [2.24, 2.45) is 0 Å². The third-order valence-corrected chi connectivity index (χ3v) is 3.28. The van der Waals surface area contributed by atoms with Gasteiger partial charge >= 0.3 is 0 Å². The molecule has 0 aliphatic heterocycles. The Balaban J connectivity index is 2.37. The van der Waals surface area contributed by atoms with E-state index in [0.717, 1.165) is 17.4 Å². The molecule has 2 aromatic rings. The smallest absolute Gasteiger partial charge is 0.163 e. The van der Waals surface area contributed by atoms with Crippen LogP contribution in [-0.2, 0) is 0 Å². The van der Waals surface area contributed by atoms with Crippen LogP contribution in [0.4, 0.5) is 8.78 Å². The van der Waals surface area contributed by atoms with Gasteiger partial charge in [-0.2, -0.15) is 0 Å². The average Bonchev–Trinajstić information content (AvgIpc) is 2.88. The lowest BCUT2D eigenvalue weighted by atomic mass is 10.0. The Hall–Kier alpha value is -1.40. The summed E-state index contributed by atoms with van der Waals surface area (Å²) >= 11 is 1.18. The number of rotatable bonds is 5. The summed E-state index contributed by atoms with van der Waals surface area (Å²) in [5, 5.41) is 6.92. The molecule has 1 aromatic heterocycles. The zero-order valence-electron chi connectivity index (χ0n) is 9.86. The van der Waals surface area contributed by atoms with Crippen LogP contribution >= 0.6 is 11.5 Å². The van der Waals surface area contributed by atoms with Crippen LogP contribution < -0.4 is 5.32 Å². The van der Waals surface area contributed by atoms with Gasteiger partial charge in [0.25, 0.3) is 0 Å². The van der Waals surface area contributed by atoms with E-state index in [9.17, 15) is 8.78 Å². The van der Waals surface area contributed by atoms with E-state index in [1.807, 2.05) is 6.92 Å². The standard InChI is InChI=1S/C12H13F2N3S/c1-2-6-15-12(10-7-16-17-18-10)8-4-3-5-9(13)11(8)14/h3-5,7,12,15H,2,6H2,1H3. The van der Waals surface area contributed by atoms with E-state index < -0.39 is 17.7 Å². The second-order valence-corrected chi connectivity index (χ2v) is 4.67. The maximum Gasteiger partial charge on any atom is 0.163 e. The molecule has 0 amide bonds. The number of nitrogens with zero attached hydrogens (tertiary/aromatic N) is 2. The Labute approximate surface area is 108 Å². The predicted octanol–water partition coefficient (Wildman–Crippen LogP) is 2.91. The molecule has 1 aromatic carbocycles. The Kier molecular flexibility index (Phi) is 4.33. The molecule has 3 nitrogen and oxygen atoms in total. The molecule has 2 rings (SSSR count). The third-order valence-electron chi connectivity index (χ3n) is 2.55. The van der Waals surface area contributed by atoms with Crippen LogP contribution in [-0.4, -0.2) is 16.1 Å². The van der Waals surface area contributed by atoms with Gasteiger partial charge in [-0.15, -0.1) is 5.10 Å². The van der Waals surface area contributed by atoms with E-state index in [-0.39, 0.29) is 5.56 Å². The highest BCUT2D eigenvalue weighted by molar-refractivity contribution is 7.05. The van der Waals surface area contributed by atoms with Gasteiger partial charge in [0.1, 0.15) is 0 Å². The van der Waals surface area contributed by atoms with Gasteiger partial charge in [-0.25, -0.2) is 8.78 Å². The maximum atomic E-state index is 13.8. The van der Waals surface area contributed by atoms with Gasteiger partial charge in [-0.1, -0.05) is 23.5 Å². The minimum atomic E-state index is -0.840. The lowest BCUT2D eigenvalue weighted by molar-refractivity contribution is 0.481. The Morgan fingerprint density at radius 2 is 2.22 bits per heavy atom. The van der Waals surface area contributed by atoms with Crippen LogP contribution in [0.5, 0.6) is 0 Å². The molecule has 0 aliphatic rings. The molecule has 1 atom stereocenters. The average molecular weight is 269 g/mol. The fourth-order valence-electron chi connectivity index (χ4n) is 1.70. The summed E-state index contributed by atoms with van der Waals surface area (Å²) in [4.78, 5) is 0.771. The van der Waals surface area contributed by atoms with Crippen molar-refractivity contribution in [1.29, 1.82) is 0 Å². The number of hydrogen-bond acceptors (Lipinski definition) is 4. The SMILES string of the molecule is CCCNC(c1cnns1)c1cccc(F)c1F. The molecule has 6 heteroatoms. The van der Waals surface area contributed by atoms with Crippen LogP contribution in [0.2, 0.25) is 0 Å². The van der Waals surface area contributed by atoms with E-state index in [1.54, 1.807) is 12.3 Å². The largest absolute Gasteiger partial charge is 0.305 e. The number of benzene rings is 1. The highest BCUT2D eigenvalue weighted by Gasteiger charge is 2.21. The Morgan fingerprint density at radius 3 is 2.89 bits per heavy atom. The summed E-state index contributed by atoms with van der Waals surface area (Å²) in [6, 6.07) is 3.79. The molecule has 0 fully saturated rings. The minimum absolute atomic E-state index is 0.287. The summed E-state index contributed by atoms with van der Waals surface area (Å²) < 4.78 is 30.9. The summed E-state index contributed by atoms with van der Waals surface area (Å²) in [7, 11) is 0. The van der Waals surface area contributed by atoms with Crippen molar-refractivity contribution in [3.05, 3.63) is 46.5 Å². The molecule has 0 saturated heterocycles. The molecule has 0 spiro atoms. The lowest BCUT2D eigenvalue weighted by Gasteiger charge is -2.17. The van der Waals surface area contributed by atoms with E-state index in [1.165, 1.54) is 17.6 Å². The van der Waals surface area contributed by atoms with Crippen LogP contribution in [0.15, 0.2) is 24.4 Å². The molecule has 18 heavy (non-hydrogen) atoms. The van der Waals surface area contributed by atoms with Crippen LogP contribution in [0.25, 0.3) is 0 Å². The first-order valence-electron chi connectivity index (χ1n) is 5.68. The fraction of sp³-hybridized carbons (Fsp3) is 0.333. The first kappa shape index (κ1) is 13.0. The Bertz CT molecular complexity index is 502. The third kappa shape index (κ3) is 2.70. The van der Waals surface area contributed by atoms with Crippen molar-refractivity contribution in [2.45, 2.75) is 19.4 Å². The highest BCUT2D eigenvalue weighted by atomic mass is 32.1. The van der Waals surface area contributed by atoms with Gasteiger partial charge in [-0.05, 0) is 30.6 Å². The summed E-state index contributed by atoms with van der Waals surface area (Å²) in [5.74, 6) is -1.66. The van der Waals surface area contributed by atoms with Crippen molar-refractivity contribution in [2.75, 3.05) is 6.54 Å². The topological polar surface area (TPSA) is 37.8 Å². The number of nitrogens with one attached hydrogen (secondary N) is 1. The summed E-state index contributed by atoms with van der Waals surface area (Å²) in [6.45, 7) is 2.72. The zero-order valence-corrected chi connectivity index (χ0v) is 10.7. The first-order valence-corrected chi connectivity index (χ1v) is 6.46. The number of halogens is 2. The van der Waals surface area contributed by atoms with Crippen molar-refractivity contribution in [3.63, 3.8) is 0 Å². The Morgan fingerprint density at radius 1 is 1.39 bits per heavy atom. The van der Waals surface area contributed by atoms with Gasteiger partial charge in [0.15, 0.2) is 11.6 Å². The van der Waals surface area contributed by atoms with E-state index in [2.05, 4.69) is 14.9 Å². The minimum Gasteiger partial charge on any atom is -0.305 e. The summed E-state index contributed by atoms with van der Waals surface area (Å²) in [5.41, 5.74) is 0.287. The van der Waals surface area contributed by atoms with Crippen molar-refractivity contribution in [3.8, 4) is 0 Å². The maximum absolute atomic E-state index is 13.8. The molecule has 1 unspecified atom stereocenters. The van der Waals surface area contributed by atoms with Gasteiger partial charge in [-0.3, -0.25) is 0 Å². The quantitative estimate of drug-likeness (QED) is 0.907. The highest BCUT2D eigenvalue weighted by Crippen LogP contribution is 2.27. The number of hydrogen-bond donors (Lipinski definition) is 1. The van der Waals surface area contributed by atoms with Crippen molar-refractivity contribution < 1.29 is 8.78 Å². The van der Waals surface area contributed by atoms with E-state index in [4.69, 9.17) is 0 Å². The second-order valence-electron chi connectivity index (χ2n) is 3.85. The van der Waals surface area contributed by atoms with Gasteiger partial charge in [0.2, 0.25) is 0 Å². The monoisotopic (exact) mass is 269 g/mol. The van der Waals surface area contributed by atoms with E-state index >= 15 is 0 Å². The van der Waals surface area contributed by atoms with Gasteiger partial charge < -0.3 is 5.32 Å². The van der Waals surface area contributed by atoms with Crippen LogP contribution in [0.1, 0.15) is 29.8 Å². The molecular formula is C12H13F2N3S. The van der Waals surface area contributed by atoms with Crippen molar-refractivity contribution >= 4 is 11.5 Å². The molecule has 1 heterocycles. The number of aromatic nitrogens is 2.